The lowest BCUT2D eigenvalue weighted by Crippen LogP contribution is -2.28. The molecule has 0 aliphatic rings. The van der Waals surface area contributed by atoms with Crippen molar-refractivity contribution >= 4 is 0 Å². The molecule has 4 nitrogen and oxygen atoms in total. The van der Waals surface area contributed by atoms with Gasteiger partial charge in [0.15, 0.2) is 5.76 Å². The number of nitrogens with zero attached hydrogens (tertiary/aromatic N) is 2. The van der Waals surface area contributed by atoms with Crippen molar-refractivity contribution in [2.45, 2.75) is 60.0 Å². The number of hydrogen-bond acceptors (Lipinski definition) is 4. The lowest BCUT2D eigenvalue weighted by atomic mass is 10.0. The van der Waals surface area contributed by atoms with Gasteiger partial charge in [-0.15, -0.1) is 0 Å². The van der Waals surface area contributed by atoms with E-state index in [2.05, 4.69) is 49.1 Å². The van der Waals surface area contributed by atoms with Crippen LogP contribution >= 0.6 is 0 Å². The maximum Gasteiger partial charge on any atom is 0.151 e. The zero-order valence-corrected chi connectivity index (χ0v) is 13.6. The largest absolute Gasteiger partial charge is 0.360 e. The van der Waals surface area contributed by atoms with Crippen LogP contribution in [0.2, 0.25) is 0 Å². The highest BCUT2D eigenvalue weighted by Crippen LogP contribution is 2.13. The van der Waals surface area contributed by atoms with Crippen molar-refractivity contribution in [2.75, 3.05) is 19.6 Å². The van der Waals surface area contributed by atoms with Gasteiger partial charge in [0.2, 0.25) is 0 Å². The van der Waals surface area contributed by atoms with Crippen LogP contribution < -0.4 is 5.32 Å². The van der Waals surface area contributed by atoms with Gasteiger partial charge in [0.05, 0.1) is 12.2 Å². The first kappa shape index (κ1) is 17.2. The Morgan fingerprint density at radius 3 is 2.60 bits per heavy atom. The van der Waals surface area contributed by atoms with E-state index in [1.165, 1.54) is 12.8 Å². The first-order valence-corrected chi connectivity index (χ1v) is 8.10. The predicted molar refractivity (Wildman–Crippen MR) is 83.5 cm³/mol. The number of nitrogens with one attached hydrogen (secondary N) is 1. The Hall–Kier alpha value is -0.870. The van der Waals surface area contributed by atoms with Crippen LogP contribution in [0.5, 0.6) is 0 Å². The molecule has 1 aromatic heterocycles. The summed E-state index contributed by atoms with van der Waals surface area (Å²) in [4.78, 5) is 2.45. The molecule has 0 bridgehead atoms. The fourth-order valence-corrected chi connectivity index (χ4v) is 2.34. The van der Waals surface area contributed by atoms with Crippen molar-refractivity contribution in [1.82, 2.24) is 15.4 Å². The summed E-state index contributed by atoms with van der Waals surface area (Å²) in [6.45, 7) is 13.8. The first-order chi connectivity index (χ1) is 9.73. The van der Waals surface area contributed by atoms with E-state index in [0.717, 1.165) is 56.5 Å². The van der Waals surface area contributed by atoms with Gasteiger partial charge in [-0.25, -0.2) is 0 Å². The normalized spacial score (nSPS) is 11.7. The molecular formula is C16H31N3O. The molecular weight excluding hydrogens is 250 g/mol. The Balaban J connectivity index is 2.44. The first-order valence-electron chi connectivity index (χ1n) is 8.10. The fourth-order valence-electron chi connectivity index (χ4n) is 2.34. The second-order valence-electron chi connectivity index (χ2n) is 5.47. The minimum Gasteiger partial charge on any atom is -0.360 e. The molecule has 4 heteroatoms. The summed E-state index contributed by atoms with van der Waals surface area (Å²) in [5.41, 5.74) is 1.01. The smallest absolute Gasteiger partial charge is 0.151 e. The van der Waals surface area contributed by atoms with Gasteiger partial charge < -0.3 is 9.84 Å². The zero-order chi connectivity index (χ0) is 14.8. The lowest BCUT2D eigenvalue weighted by Gasteiger charge is -2.23. The molecule has 1 rings (SSSR count). The fraction of sp³-hybridized carbons (Fsp3) is 0.812. The molecule has 0 unspecified atom stereocenters. The average molecular weight is 281 g/mol. The molecule has 1 aromatic rings. The predicted octanol–water partition coefficient (Wildman–Crippen LogP) is 3.43. The topological polar surface area (TPSA) is 41.3 Å². The van der Waals surface area contributed by atoms with E-state index >= 15 is 0 Å². The van der Waals surface area contributed by atoms with Crippen LogP contribution in [0.25, 0.3) is 0 Å². The average Bonchev–Trinajstić information content (AvgIpc) is 2.91. The van der Waals surface area contributed by atoms with Gasteiger partial charge in [-0.2, -0.15) is 0 Å². The van der Waals surface area contributed by atoms with Crippen LogP contribution in [0.15, 0.2) is 10.6 Å². The molecule has 0 aliphatic heterocycles. The van der Waals surface area contributed by atoms with E-state index in [9.17, 15) is 0 Å². The lowest BCUT2D eigenvalue weighted by molar-refractivity contribution is 0.202. The molecule has 0 radical (unpaired) electrons. The van der Waals surface area contributed by atoms with E-state index in [1.807, 2.05) is 0 Å². The van der Waals surface area contributed by atoms with Crippen molar-refractivity contribution in [3.63, 3.8) is 0 Å². The van der Waals surface area contributed by atoms with Gasteiger partial charge in [0.25, 0.3) is 0 Å². The van der Waals surface area contributed by atoms with E-state index in [-0.39, 0.29) is 0 Å². The van der Waals surface area contributed by atoms with Crippen molar-refractivity contribution < 1.29 is 4.52 Å². The maximum atomic E-state index is 5.44. The molecule has 0 amide bonds. The van der Waals surface area contributed by atoms with Gasteiger partial charge in [0, 0.05) is 19.2 Å². The Labute approximate surface area is 123 Å². The highest BCUT2D eigenvalue weighted by Gasteiger charge is 2.13. The van der Waals surface area contributed by atoms with E-state index in [4.69, 9.17) is 4.52 Å². The van der Waals surface area contributed by atoms with Gasteiger partial charge >= 0.3 is 0 Å². The van der Waals surface area contributed by atoms with Crippen molar-refractivity contribution in [2.24, 2.45) is 5.92 Å². The number of hydrogen-bond donors (Lipinski definition) is 1. The summed E-state index contributed by atoms with van der Waals surface area (Å²) in [5.74, 6) is 1.76. The summed E-state index contributed by atoms with van der Waals surface area (Å²) < 4.78 is 5.44. The standard InChI is InChI=1S/C16H31N3O/c1-5-9-17-11-15-10-16(20-18-15)13-19(8-4)12-14(6-2)7-3/h10,14,17H,5-9,11-13H2,1-4H3. The van der Waals surface area contributed by atoms with Gasteiger partial charge in [-0.1, -0.05) is 45.7 Å². The Bertz CT molecular complexity index is 347. The number of aromatic nitrogens is 1. The third-order valence-electron chi connectivity index (χ3n) is 3.84. The molecule has 0 aliphatic carbocycles. The molecule has 0 atom stereocenters. The molecule has 0 fully saturated rings. The third-order valence-corrected chi connectivity index (χ3v) is 3.84. The molecule has 0 spiro atoms. The van der Waals surface area contributed by atoms with Gasteiger partial charge in [0.1, 0.15) is 0 Å². The summed E-state index contributed by atoms with van der Waals surface area (Å²) in [5, 5.41) is 7.48. The van der Waals surface area contributed by atoms with Crippen LogP contribution in [-0.2, 0) is 13.1 Å². The molecule has 0 saturated carbocycles. The highest BCUT2D eigenvalue weighted by atomic mass is 16.5. The van der Waals surface area contributed by atoms with E-state index < -0.39 is 0 Å². The van der Waals surface area contributed by atoms with Crippen LogP contribution in [0, 0.1) is 5.92 Å². The quantitative estimate of drug-likeness (QED) is 0.631. The van der Waals surface area contributed by atoms with E-state index in [1.54, 1.807) is 0 Å². The second kappa shape index (κ2) is 9.94. The van der Waals surface area contributed by atoms with Crippen LogP contribution in [0.4, 0.5) is 0 Å². The summed E-state index contributed by atoms with van der Waals surface area (Å²) >= 11 is 0. The zero-order valence-electron chi connectivity index (χ0n) is 13.6. The van der Waals surface area contributed by atoms with Crippen LogP contribution in [-0.4, -0.2) is 29.7 Å². The molecule has 116 valence electrons. The second-order valence-corrected chi connectivity index (χ2v) is 5.47. The van der Waals surface area contributed by atoms with Gasteiger partial charge in [-0.05, 0) is 25.4 Å². The Morgan fingerprint density at radius 2 is 2.00 bits per heavy atom. The SMILES string of the molecule is CCCNCc1cc(CN(CC)CC(CC)CC)on1. The van der Waals surface area contributed by atoms with E-state index in [0.29, 0.717) is 0 Å². The third kappa shape index (κ3) is 6.06. The highest BCUT2D eigenvalue weighted by molar-refractivity contribution is 5.05. The van der Waals surface area contributed by atoms with Crippen LogP contribution in [0.1, 0.15) is 58.4 Å². The maximum absolute atomic E-state index is 5.44. The molecule has 1 heterocycles. The molecule has 0 aromatic carbocycles. The molecule has 20 heavy (non-hydrogen) atoms. The van der Waals surface area contributed by atoms with Crippen molar-refractivity contribution in [1.29, 1.82) is 0 Å². The monoisotopic (exact) mass is 281 g/mol. The molecule has 0 saturated heterocycles. The Kier molecular flexibility index (Phi) is 8.54. The van der Waals surface area contributed by atoms with Crippen molar-refractivity contribution in [3.8, 4) is 0 Å². The summed E-state index contributed by atoms with van der Waals surface area (Å²) in [6, 6.07) is 2.08. The minimum absolute atomic E-state index is 0.781. The minimum atomic E-state index is 0.781. The molecule has 1 N–H and O–H groups in total. The summed E-state index contributed by atoms with van der Waals surface area (Å²) in [6.07, 6.45) is 3.63. The van der Waals surface area contributed by atoms with Crippen molar-refractivity contribution in [3.05, 3.63) is 17.5 Å². The summed E-state index contributed by atoms with van der Waals surface area (Å²) in [7, 11) is 0. The van der Waals surface area contributed by atoms with Gasteiger partial charge in [-0.3, -0.25) is 4.90 Å². The number of rotatable bonds is 11. The van der Waals surface area contributed by atoms with Crippen LogP contribution in [0.3, 0.4) is 0 Å². The Morgan fingerprint density at radius 1 is 1.25 bits per heavy atom.